The number of ether oxygens (including phenoxy) is 1. The quantitative estimate of drug-likeness (QED) is 0.613. The fraction of sp³-hybridized carbons (Fsp3) is 0.0714. The van der Waals surface area contributed by atoms with E-state index in [1.54, 1.807) is 0 Å². The molecule has 0 saturated heterocycles. The third-order valence-electron chi connectivity index (χ3n) is 2.51. The zero-order valence-electron chi connectivity index (χ0n) is 11.3. The van der Waals surface area contributed by atoms with E-state index in [-0.39, 0.29) is 15.7 Å². The SMILES string of the molecule is O=C(COC(=O)c1cnc(Cl)c(Cl)c1)Nc1cc(Cl)cc(Cl)c1. The highest BCUT2D eigenvalue weighted by atomic mass is 35.5. The van der Waals surface area contributed by atoms with Gasteiger partial charge in [-0.1, -0.05) is 46.4 Å². The lowest BCUT2D eigenvalue weighted by molar-refractivity contribution is -0.119. The minimum atomic E-state index is -0.754. The predicted molar refractivity (Wildman–Crippen MR) is 89.6 cm³/mol. The summed E-state index contributed by atoms with van der Waals surface area (Å²) in [6, 6.07) is 5.84. The molecule has 23 heavy (non-hydrogen) atoms. The summed E-state index contributed by atoms with van der Waals surface area (Å²) < 4.78 is 4.86. The smallest absolute Gasteiger partial charge is 0.340 e. The molecule has 1 aromatic carbocycles. The summed E-state index contributed by atoms with van der Waals surface area (Å²) in [6.07, 6.45) is 1.20. The zero-order valence-corrected chi connectivity index (χ0v) is 14.3. The number of halogens is 4. The number of hydrogen-bond acceptors (Lipinski definition) is 4. The van der Waals surface area contributed by atoms with Crippen molar-refractivity contribution in [2.24, 2.45) is 0 Å². The van der Waals surface area contributed by atoms with E-state index in [2.05, 4.69) is 10.3 Å². The molecule has 2 aromatic rings. The standard InChI is InChI=1S/C14H8Cl4N2O3/c15-8-2-9(16)4-10(3-8)20-12(21)6-23-14(22)7-1-11(17)13(18)19-5-7/h1-5H,6H2,(H,20,21). The topological polar surface area (TPSA) is 68.3 Å². The Morgan fingerprint density at radius 3 is 2.30 bits per heavy atom. The Kier molecular flexibility index (Phi) is 6.07. The number of benzene rings is 1. The number of nitrogens with zero attached hydrogens (tertiary/aromatic N) is 1. The lowest BCUT2D eigenvalue weighted by atomic mass is 10.3. The molecular weight excluding hydrogens is 386 g/mol. The Hall–Kier alpha value is -1.53. The highest BCUT2D eigenvalue weighted by molar-refractivity contribution is 6.41. The summed E-state index contributed by atoms with van der Waals surface area (Å²) in [4.78, 5) is 27.3. The Balaban J connectivity index is 1.93. The van der Waals surface area contributed by atoms with Crippen LogP contribution in [0.25, 0.3) is 0 Å². The molecule has 1 N–H and O–H groups in total. The number of anilines is 1. The number of aromatic nitrogens is 1. The number of esters is 1. The lowest BCUT2D eigenvalue weighted by Gasteiger charge is -2.07. The number of hydrogen-bond donors (Lipinski definition) is 1. The van der Waals surface area contributed by atoms with Crippen LogP contribution >= 0.6 is 46.4 Å². The number of pyridine rings is 1. The van der Waals surface area contributed by atoms with Gasteiger partial charge >= 0.3 is 5.97 Å². The van der Waals surface area contributed by atoms with Crippen LogP contribution in [0.1, 0.15) is 10.4 Å². The monoisotopic (exact) mass is 392 g/mol. The normalized spacial score (nSPS) is 10.3. The third-order valence-corrected chi connectivity index (χ3v) is 3.64. The van der Waals surface area contributed by atoms with E-state index in [4.69, 9.17) is 51.1 Å². The summed E-state index contributed by atoms with van der Waals surface area (Å²) in [5, 5.41) is 3.42. The van der Waals surface area contributed by atoms with Gasteiger partial charge in [-0.15, -0.1) is 0 Å². The summed E-state index contributed by atoms with van der Waals surface area (Å²) in [5.41, 5.74) is 0.470. The molecule has 5 nitrogen and oxygen atoms in total. The van der Waals surface area contributed by atoms with Gasteiger partial charge in [0.05, 0.1) is 10.6 Å². The van der Waals surface area contributed by atoms with Crippen LogP contribution < -0.4 is 5.32 Å². The molecule has 9 heteroatoms. The molecule has 0 fully saturated rings. The number of carbonyl (C=O) groups is 2. The predicted octanol–water partition coefficient (Wildman–Crippen LogP) is 4.49. The van der Waals surface area contributed by atoms with Crippen LogP contribution in [0.2, 0.25) is 20.2 Å². The van der Waals surface area contributed by atoms with Gasteiger partial charge in [-0.2, -0.15) is 0 Å². The first kappa shape index (κ1) is 17.8. The van der Waals surface area contributed by atoms with E-state index in [9.17, 15) is 9.59 Å². The van der Waals surface area contributed by atoms with Crippen LogP contribution in [0.3, 0.4) is 0 Å². The number of nitrogens with one attached hydrogen (secondary N) is 1. The molecule has 0 atom stereocenters. The molecule has 2 rings (SSSR count). The molecule has 0 radical (unpaired) electrons. The van der Waals surface area contributed by atoms with E-state index in [1.807, 2.05) is 0 Å². The van der Waals surface area contributed by atoms with Crippen molar-refractivity contribution in [2.75, 3.05) is 11.9 Å². The summed E-state index contributed by atoms with van der Waals surface area (Å²) in [5.74, 6) is -1.31. The molecule has 0 spiro atoms. The molecule has 0 saturated carbocycles. The van der Waals surface area contributed by atoms with E-state index in [0.29, 0.717) is 15.7 Å². The van der Waals surface area contributed by atoms with Crippen molar-refractivity contribution in [1.82, 2.24) is 4.98 Å². The summed E-state index contributed by atoms with van der Waals surface area (Å²) in [7, 11) is 0. The van der Waals surface area contributed by atoms with Crippen LogP contribution in [0, 0.1) is 0 Å². The zero-order chi connectivity index (χ0) is 17.0. The first-order valence-corrected chi connectivity index (χ1v) is 7.60. The van der Waals surface area contributed by atoms with Gasteiger partial charge in [-0.25, -0.2) is 9.78 Å². The van der Waals surface area contributed by atoms with Gasteiger partial charge in [0.2, 0.25) is 0 Å². The average molecular weight is 394 g/mol. The number of rotatable bonds is 4. The molecule has 0 aliphatic heterocycles. The lowest BCUT2D eigenvalue weighted by Crippen LogP contribution is -2.21. The Bertz CT molecular complexity index is 747. The van der Waals surface area contributed by atoms with Crippen molar-refractivity contribution in [1.29, 1.82) is 0 Å². The van der Waals surface area contributed by atoms with Crippen LogP contribution in [-0.4, -0.2) is 23.5 Å². The van der Waals surface area contributed by atoms with Crippen molar-refractivity contribution in [3.63, 3.8) is 0 Å². The van der Waals surface area contributed by atoms with Crippen LogP contribution in [-0.2, 0) is 9.53 Å². The molecule has 0 aliphatic carbocycles. The minimum Gasteiger partial charge on any atom is -0.452 e. The summed E-state index contributed by atoms with van der Waals surface area (Å²) >= 11 is 23.0. The Labute approximate surface area is 151 Å². The van der Waals surface area contributed by atoms with E-state index >= 15 is 0 Å². The molecule has 0 aliphatic rings. The second-order valence-corrected chi connectivity index (χ2v) is 5.92. The second kappa shape index (κ2) is 7.84. The van der Waals surface area contributed by atoms with Crippen molar-refractivity contribution in [3.8, 4) is 0 Å². The van der Waals surface area contributed by atoms with Crippen LogP contribution in [0.4, 0.5) is 5.69 Å². The Morgan fingerprint density at radius 1 is 1.04 bits per heavy atom. The Morgan fingerprint density at radius 2 is 1.70 bits per heavy atom. The van der Waals surface area contributed by atoms with Crippen molar-refractivity contribution in [2.45, 2.75) is 0 Å². The van der Waals surface area contributed by atoms with Crippen LogP contribution in [0.5, 0.6) is 0 Å². The van der Waals surface area contributed by atoms with Gasteiger partial charge in [0.25, 0.3) is 5.91 Å². The second-order valence-electron chi connectivity index (χ2n) is 4.28. The van der Waals surface area contributed by atoms with Crippen molar-refractivity contribution in [3.05, 3.63) is 56.2 Å². The largest absolute Gasteiger partial charge is 0.452 e. The fourth-order valence-electron chi connectivity index (χ4n) is 1.57. The van der Waals surface area contributed by atoms with Gasteiger partial charge in [-0.05, 0) is 24.3 Å². The van der Waals surface area contributed by atoms with Gasteiger partial charge in [-0.3, -0.25) is 4.79 Å². The first-order chi connectivity index (χ1) is 10.8. The molecule has 0 bridgehead atoms. The maximum Gasteiger partial charge on any atom is 0.340 e. The highest BCUT2D eigenvalue weighted by Gasteiger charge is 2.13. The van der Waals surface area contributed by atoms with Gasteiger partial charge in [0, 0.05) is 21.9 Å². The molecule has 120 valence electrons. The average Bonchev–Trinajstić information content (AvgIpc) is 2.46. The molecule has 1 aromatic heterocycles. The van der Waals surface area contributed by atoms with E-state index < -0.39 is 18.5 Å². The molecule has 0 unspecified atom stereocenters. The minimum absolute atomic E-state index is 0.0683. The summed E-state index contributed by atoms with van der Waals surface area (Å²) in [6.45, 7) is -0.497. The van der Waals surface area contributed by atoms with Crippen molar-refractivity contribution >= 4 is 64.0 Å². The first-order valence-electron chi connectivity index (χ1n) is 6.09. The fourth-order valence-corrected chi connectivity index (χ4v) is 2.37. The van der Waals surface area contributed by atoms with Gasteiger partial charge in [0.1, 0.15) is 5.15 Å². The van der Waals surface area contributed by atoms with Crippen molar-refractivity contribution < 1.29 is 14.3 Å². The van der Waals surface area contributed by atoms with E-state index in [1.165, 1.54) is 30.5 Å². The van der Waals surface area contributed by atoms with Gasteiger partial charge in [0.15, 0.2) is 6.61 Å². The third kappa shape index (κ3) is 5.25. The number of amides is 1. The molecular formula is C14H8Cl4N2O3. The van der Waals surface area contributed by atoms with E-state index in [0.717, 1.165) is 0 Å². The van der Waals surface area contributed by atoms with Crippen LogP contribution in [0.15, 0.2) is 30.5 Å². The van der Waals surface area contributed by atoms with Gasteiger partial charge < -0.3 is 10.1 Å². The maximum atomic E-state index is 11.8. The highest BCUT2D eigenvalue weighted by Crippen LogP contribution is 2.22. The molecule has 1 amide bonds. The molecule has 1 heterocycles. The number of carbonyl (C=O) groups excluding carboxylic acids is 2. The maximum absolute atomic E-state index is 11.8.